The zero-order chi connectivity index (χ0) is 10.6. The van der Waals surface area contributed by atoms with Gasteiger partial charge in [0.25, 0.3) is 0 Å². The molecule has 0 aliphatic carbocycles. The van der Waals surface area contributed by atoms with E-state index in [0.29, 0.717) is 6.10 Å². The van der Waals surface area contributed by atoms with Gasteiger partial charge in [0.1, 0.15) is 0 Å². The number of aryl methyl sites for hydroxylation is 2. The fourth-order valence-electron chi connectivity index (χ4n) is 1.67. The minimum Gasteiger partial charge on any atom is -0.378 e. The zero-order valence-corrected chi connectivity index (χ0v) is 9.63. The van der Waals surface area contributed by atoms with Crippen LogP contribution >= 0.6 is 0 Å². The van der Waals surface area contributed by atoms with E-state index in [2.05, 4.69) is 39.0 Å². The molecular formula is C13H20O. The van der Waals surface area contributed by atoms with Gasteiger partial charge in [-0.1, -0.05) is 23.8 Å². The normalized spacial score (nSPS) is 12.9. The molecule has 0 aliphatic rings. The molecule has 0 bridgehead atoms. The monoisotopic (exact) mass is 192 g/mol. The lowest BCUT2D eigenvalue weighted by Gasteiger charge is -2.13. The van der Waals surface area contributed by atoms with Crippen molar-refractivity contribution in [1.29, 1.82) is 0 Å². The molecule has 1 rings (SSSR count). The van der Waals surface area contributed by atoms with E-state index in [1.54, 1.807) is 0 Å². The van der Waals surface area contributed by atoms with Gasteiger partial charge in [-0.2, -0.15) is 0 Å². The summed E-state index contributed by atoms with van der Waals surface area (Å²) in [6, 6.07) is 6.60. The summed E-state index contributed by atoms with van der Waals surface area (Å²) in [5.74, 6) is 0. The molecule has 1 atom stereocenters. The molecule has 1 aromatic carbocycles. The van der Waals surface area contributed by atoms with Gasteiger partial charge in [0.2, 0.25) is 0 Å². The number of hydrogen-bond acceptors (Lipinski definition) is 1. The van der Waals surface area contributed by atoms with Gasteiger partial charge in [0.05, 0.1) is 6.10 Å². The Morgan fingerprint density at radius 3 is 2.64 bits per heavy atom. The first-order valence-electron chi connectivity index (χ1n) is 5.31. The van der Waals surface area contributed by atoms with Crippen molar-refractivity contribution in [3.63, 3.8) is 0 Å². The van der Waals surface area contributed by atoms with Crippen molar-refractivity contribution < 1.29 is 4.74 Å². The van der Waals surface area contributed by atoms with E-state index in [9.17, 15) is 0 Å². The van der Waals surface area contributed by atoms with E-state index in [1.807, 2.05) is 6.92 Å². The molecule has 0 aliphatic heterocycles. The van der Waals surface area contributed by atoms with Crippen molar-refractivity contribution in [1.82, 2.24) is 0 Å². The van der Waals surface area contributed by atoms with Gasteiger partial charge in [-0.3, -0.25) is 0 Å². The quantitative estimate of drug-likeness (QED) is 0.711. The van der Waals surface area contributed by atoms with Crippen molar-refractivity contribution in [3.05, 3.63) is 34.9 Å². The van der Waals surface area contributed by atoms with Crippen molar-refractivity contribution >= 4 is 0 Å². The third-order valence-electron chi connectivity index (χ3n) is 2.46. The van der Waals surface area contributed by atoms with Crippen LogP contribution in [-0.2, 0) is 11.2 Å². The molecule has 78 valence electrons. The van der Waals surface area contributed by atoms with Crippen molar-refractivity contribution in [2.75, 3.05) is 6.61 Å². The second kappa shape index (κ2) is 5.16. The first kappa shape index (κ1) is 11.3. The van der Waals surface area contributed by atoms with Crippen molar-refractivity contribution in [2.24, 2.45) is 0 Å². The van der Waals surface area contributed by atoms with E-state index in [4.69, 9.17) is 4.74 Å². The van der Waals surface area contributed by atoms with E-state index < -0.39 is 0 Å². The van der Waals surface area contributed by atoms with Crippen molar-refractivity contribution in [2.45, 2.75) is 40.2 Å². The van der Waals surface area contributed by atoms with Gasteiger partial charge in [-0.15, -0.1) is 0 Å². The summed E-state index contributed by atoms with van der Waals surface area (Å²) in [5, 5.41) is 0. The summed E-state index contributed by atoms with van der Waals surface area (Å²) in [7, 11) is 0. The second-order valence-electron chi connectivity index (χ2n) is 3.90. The van der Waals surface area contributed by atoms with Crippen LogP contribution in [0, 0.1) is 13.8 Å². The highest BCUT2D eigenvalue weighted by atomic mass is 16.5. The zero-order valence-electron chi connectivity index (χ0n) is 9.63. The third-order valence-corrected chi connectivity index (χ3v) is 2.46. The van der Waals surface area contributed by atoms with Gasteiger partial charge in [-0.05, 0) is 45.2 Å². The molecule has 0 radical (unpaired) electrons. The Hall–Kier alpha value is -0.820. The maximum absolute atomic E-state index is 5.54. The summed E-state index contributed by atoms with van der Waals surface area (Å²) in [5.41, 5.74) is 4.10. The van der Waals surface area contributed by atoms with Gasteiger partial charge < -0.3 is 4.74 Å². The Balaban J connectivity index is 2.70. The number of hydrogen-bond donors (Lipinski definition) is 0. The molecule has 0 N–H and O–H groups in total. The fourth-order valence-corrected chi connectivity index (χ4v) is 1.67. The van der Waals surface area contributed by atoms with Crippen molar-refractivity contribution in [3.8, 4) is 0 Å². The summed E-state index contributed by atoms with van der Waals surface area (Å²) in [6.45, 7) is 9.26. The number of ether oxygens (including phenoxy) is 1. The van der Waals surface area contributed by atoms with Crippen LogP contribution in [0.5, 0.6) is 0 Å². The average Bonchev–Trinajstić information content (AvgIpc) is 2.12. The molecule has 1 unspecified atom stereocenters. The largest absolute Gasteiger partial charge is 0.378 e. The number of benzene rings is 1. The first-order chi connectivity index (χ1) is 6.63. The lowest BCUT2D eigenvalue weighted by molar-refractivity contribution is 0.0767. The van der Waals surface area contributed by atoms with E-state index >= 15 is 0 Å². The van der Waals surface area contributed by atoms with E-state index in [1.165, 1.54) is 16.7 Å². The summed E-state index contributed by atoms with van der Waals surface area (Å²) < 4.78 is 5.54. The summed E-state index contributed by atoms with van der Waals surface area (Å²) in [6.07, 6.45) is 1.34. The Kier molecular flexibility index (Phi) is 4.15. The van der Waals surface area contributed by atoms with Gasteiger partial charge in [-0.25, -0.2) is 0 Å². The molecule has 0 heterocycles. The van der Waals surface area contributed by atoms with Gasteiger partial charge >= 0.3 is 0 Å². The molecule has 0 saturated carbocycles. The van der Waals surface area contributed by atoms with Gasteiger partial charge in [0, 0.05) is 6.61 Å². The van der Waals surface area contributed by atoms with Crippen LogP contribution in [0.1, 0.15) is 30.5 Å². The Morgan fingerprint density at radius 2 is 2.00 bits per heavy atom. The third kappa shape index (κ3) is 3.15. The maximum atomic E-state index is 5.54. The first-order valence-corrected chi connectivity index (χ1v) is 5.31. The molecule has 1 aromatic rings. The topological polar surface area (TPSA) is 9.23 Å². The lowest BCUT2D eigenvalue weighted by Crippen LogP contribution is -2.12. The molecule has 0 saturated heterocycles. The highest BCUT2D eigenvalue weighted by Crippen LogP contribution is 2.13. The number of rotatable bonds is 4. The maximum Gasteiger partial charge on any atom is 0.0587 e. The second-order valence-corrected chi connectivity index (χ2v) is 3.90. The Bertz CT molecular complexity index is 291. The molecule has 14 heavy (non-hydrogen) atoms. The highest BCUT2D eigenvalue weighted by molar-refractivity contribution is 5.30. The predicted molar refractivity (Wildman–Crippen MR) is 60.7 cm³/mol. The lowest BCUT2D eigenvalue weighted by atomic mass is 10.0. The molecule has 1 heteroatoms. The minimum atomic E-state index is 0.320. The SMILES string of the molecule is CCOC(C)Cc1cc(C)ccc1C. The van der Waals surface area contributed by atoms with Crippen LogP contribution in [0.3, 0.4) is 0 Å². The molecule has 0 spiro atoms. The summed E-state index contributed by atoms with van der Waals surface area (Å²) >= 11 is 0. The Labute approximate surface area is 87.1 Å². The molecule has 0 fully saturated rings. The van der Waals surface area contributed by atoms with Crippen LogP contribution in [0.25, 0.3) is 0 Å². The van der Waals surface area contributed by atoms with E-state index in [-0.39, 0.29) is 0 Å². The Morgan fingerprint density at radius 1 is 1.29 bits per heavy atom. The minimum absolute atomic E-state index is 0.320. The molecule has 1 nitrogen and oxygen atoms in total. The van der Waals surface area contributed by atoms with Crippen LogP contribution in [-0.4, -0.2) is 12.7 Å². The highest BCUT2D eigenvalue weighted by Gasteiger charge is 2.05. The standard InChI is InChI=1S/C13H20O/c1-5-14-12(4)9-13-8-10(2)6-7-11(13)3/h6-8,12H,5,9H2,1-4H3. The summed E-state index contributed by atoms with van der Waals surface area (Å²) in [4.78, 5) is 0. The molecular weight excluding hydrogens is 172 g/mol. The van der Waals surface area contributed by atoms with E-state index in [0.717, 1.165) is 13.0 Å². The molecule has 0 aromatic heterocycles. The molecule has 0 amide bonds. The average molecular weight is 192 g/mol. The fraction of sp³-hybridized carbons (Fsp3) is 0.538. The smallest absolute Gasteiger partial charge is 0.0587 e. The van der Waals surface area contributed by atoms with Crippen LogP contribution in [0.15, 0.2) is 18.2 Å². The van der Waals surface area contributed by atoms with Crippen LogP contribution < -0.4 is 0 Å². The van der Waals surface area contributed by atoms with Gasteiger partial charge in [0.15, 0.2) is 0 Å². The predicted octanol–water partition coefficient (Wildman–Crippen LogP) is 3.27. The van der Waals surface area contributed by atoms with Crippen LogP contribution in [0.2, 0.25) is 0 Å². The van der Waals surface area contributed by atoms with Crippen LogP contribution in [0.4, 0.5) is 0 Å².